The molecule has 21 heavy (non-hydrogen) atoms. The van der Waals surface area contributed by atoms with Gasteiger partial charge in [-0.1, -0.05) is 44.2 Å². The van der Waals surface area contributed by atoms with E-state index in [0.29, 0.717) is 12.5 Å². The monoisotopic (exact) mass is 291 g/mol. The summed E-state index contributed by atoms with van der Waals surface area (Å²) in [6.45, 7) is 8.32. The first-order valence-corrected chi connectivity index (χ1v) is 7.28. The van der Waals surface area contributed by atoms with Crippen LogP contribution in [0, 0.1) is 5.92 Å². The number of rotatable bonds is 6. The van der Waals surface area contributed by atoms with Crippen LogP contribution in [0.25, 0.3) is 0 Å². The standard InChI is InChI=1S/C16H25N3O2/c1-11(2)12(3)18-13(4)15(20)19-16(21)17-10-14-8-6-5-7-9-14/h5-9,11-13,18H,10H2,1-4H3,(H2,17,19,20,21). The van der Waals surface area contributed by atoms with Gasteiger partial charge in [0.25, 0.3) is 0 Å². The number of carbonyl (C=O) groups is 2. The quantitative estimate of drug-likeness (QED) is 0.751. The number of imide groups is 1. The fraction of sp³-hybridized carbons (Fsp3) is 0.500. The van der Waals surface area contributed by atoms with E-state index in [-0.39, 0.29) is 11.9 Å². The lowest BCUT2D eigenvalue weighted by molar-refractivity contribution is -0.121. The van der Waals surface area contributed by atoms with E-state index in [4.69, 9.17) is 0 Å². The molecule has 1 aromatic carbocycles. The number of hydrogen-bond donors (Lipinski definition) is 3. The zero-order valence-electron chi connectivity index (χ0n) is 13.1. The molecule has 0 bridgehead atoms. The number of nitrogens with one attached hydrogen (secondary N) is 3. The van der Waals surface area contributed by atoms with Crippen molar-refractivity contribution in [3.05, 3.63) is 35.9 Å². The molecule has 1 rings (SSSR count). The second-order valence-electron chi connectivity index (χ2n) is 5.58. The number of benzene rings is 1. The molecule has 116 valence electrons. The topological polar surface area (TPSA) is 70.2 Å². The van der Waals surface area contributed by atoms with Gasteiger partial charge in [0.05, 0.1) is 6.04 Å². The third-order valence-electron chi connectivity index (χ3n) is 3.44. The molecule has 5 nitrogen and oxygen atoms in total. The van der Waals surface area contributed by atoms with E-state index in [1.54, 1.807) is 6.92 Å². The van der Waals surface area contributed by atoms with Crippen LogP contribution in [0.15, 0.2) is 30.3 Å². The maximum atomic E-state index is 11.9. The number of urea groups is 1. The molecule has 0 aliphatic heterocycles. The molecular weight excluding hydrogens is 266 g/mol. The first-order valence-electron chi connectivity index (χ1n) is 7.28. The minimum atomic E-state index is -0.477. The summed E-state index contributed by atoms with van der Waals surface area (Å²) in [5, 5.41) is 8.17. The first-order chi connectivity index (χ1) is 9.90. The molecule has 3 N–H and O–H groups in total. The zero-order chi connectivity index (χ0) is 15.8. The smallest absolute Gasteiger partial charge is 0.321 e. The number of carbonyl (C=O) groups excluding carboxylic acids is 2. The second-order valence-corrected chi connectivity index (χ2v) is 5.58. The summed E-state index contributed by atoms with van der Waals surface area (Å²) in [4.78, 5) is 23.6. The van der Waals surface area contributed by atoms with Crippen molar-refractivity contribution in [1.29, 1.82) is 0 Å². The van der Waals surface area contributed by atoms with Crippen LogP contribution >= 0.6 is 0 Å². The summed E-state index contributed by atoms with van der Waals surface area (Å²) in [6, 6.07) is 8.86. The van der Waals surface area contributed by atoms with Gasteiger partial charge in [-0.3, -0.25) is 10.1 Å². The summed E-state index contributed by atoms with van der Waals surface area (Å²) in [7, 11) is 0. The lowest BCUT2D eigenvalue weighted by Crippen LogP contribution is -2.50. The van der Waals surface area contributed by atoms with Gasteiger partial charge in [-0.25, -0.2) is 4.79 Å². The van der Waals surface area contributed by atoms with Gasteiger partial charge in [-0.15, -0.1) is 0 Å². The van der Waals surface area contributed by atoms with Crippen molar-refractivity contribution in [2.75, 3.05) is 0 Å². The number of amides is 3. The largest absolute Gasteiger partial charge is 0.334 e. The third kappa shape index (κ3) is 6.40. The summed E-state index contributed by atoms with van der Waals surface area (Å²) in [5.41, 5.74) is 0.986. The molecule has 0 radical (unpaired) electrons. The molecule has 0 saturated carbocycles. The van der Waals surface area contributed by atoms with Crippen LogP contribution in [-0.4, -0.2) is 24.0 Å². The Morgan fingerprint density at radius 1 is 1.05 bits per heavy atom. The van der Waals surface area contributed by atoms with E-state index in [1.165, 1.54) is 0 Å². The highest BCUT2D eigenvalue weighted by Crippen LogP contribution is 2.01. The summed E-state index contributed by atoms with van der Waals surface area (Å²) < 4.78 is 0. The average Bonchev–Trinajstić information content (AvgIpc) is 2.45. The SMILES string of the molecule is CC(NC(C)C(C)C)C(=O)NC(=O)NCc1ccccc1. The average molecular weight is 291 g/mol. The lowest BCUT2D eigenvalue weighted by atomic mass is 10.1. The Kier molecular flexibility index (Phi) is 6.88. The van der Waals surface area contributed by atoms with E-state index in [1.807, 2.05) is 37.3 Å². The summed E-state index contributed by atoms with van der Waals surface area (Å²) >= 11 is 0. The summed E-state index contributed by atoms with van der Waals surface area (Å²) in [6.07, 6.45) is 0. The van der Waals surface area contributed by atoms with E-state index in [2.05, 4.69) is 29.8 Å². The number of hydrogen-bond acceptors (Lipinski definition) is 3. The van der Waals surface area contributed by atoms with Gasteiger partial charge in [-0.2, -0.15) is 0 Å². The maximum absolute atomic E-state index is 11.9. The molecule has 1 aromatic rings. The van der Waals surface area contributed by atoms with Crippen LogP contribution in [0.1, 0.15) is 33.3 Å². The molecule has 0 saturated heterocycles. The predicted octanol–water partition coefficient (Wildman–Crippen LogP) is 2.03. The Labute approximate surface area is 126 Å². The van der Waals surface area contributed by atoms with Crippen LogP contribution in [0.3, 0.4) is 0 Å². The summed E-state index contributed by atoms with van der Waals surface area (Å²) in [5.74, 6) is 0.0974. The van der Waals surface area contributed by atoms with Crippen molar-refractivity contribution >= 4 is 11.9 Å². The van der Waals surface area contributed by atoms with Gasteiger partial charge in [0.1, 0.15) is 0 Å². The molecule has 0 aromatic heterocycles. The van der Waals surface area contributed by atoms with Gasteiger partial charge in [0.2, 0.25) is 5.91 Å². The van der Waals surface area contributed by atoms with Crippen molar-refractivity contribution in [3.63, 3.8) is 0 Å². The molecular formula is C16H25N3O2. The van der Waals surface area contributed by atoms with Crippen molar-refractivity contribution in [2.45, 2.75) is 46.3 Å². The third-order valence-corrected chi connectivity index (χ3v) is 3.44. The van der Waals surface area contributed by atoms with E-state index in [0.717, 1.165) is 5.56 Å². The van der Waals surface area contributed by atoms with E-state index >= 15 is 0 Å². The van der Waals surface area contributed by atoms with Gasteiger partial charge in [-0.05, 0) is 25.3 Å². The van der Waals surface area contributed by atoms with Crippen molar-refractivity contribution < 1.29 is 9.59 Å². The van der Waals surface area contributed by atoms with Crippen molar-refractivity contribution in [2.24, 2.45) is 5.92 Å². The highest BCUT2D eigenvalue weighted by atomic mass is 16.2. The lowest BCUT2D eigenvalue weighted by Gasteiger charge is -2.22. The molecule has 0 spiro atoms. The molecule has 0 heterocycles. The van der Waals surface area contributed by atoms with Crippen LogP contribution in [0.5, 0.6) is 0 Å². The fourth-order valence-corrected chi connectivity index (χ4v) is 1.71. The molecule has 3 amide bonds. The Hall–Kier alpha value is -1.88. The Morgan fingerprint density at radius 2 is 1.67 bits per heavy atom. The highest BCUT2D eigenvalue weighted by molar-refractivity contribution is 5.96. The van der Waals surface area contributed by atoms with Gasteiger partial charge in [0.15, 0.2) is 0 Å². The van der Waals surface area contributed by atoms with Crippen LogP contribution < -0.4 is 16.0 Å². The normalized spacial score (nSPS) is 13.6. The predicted molar refractivity (Wildman–Crippen MR) is 83.7 cm³/mol. The molecule has 0 fully saturated rings. The van der Waals surface area contributed by atoms with Gasteiger partial charge in [0, 0.05) is 12.6 Å². The zero-order valence-corrected chi connectivity index (χ0v) is 13.1. The minimum absolute atomic E-state index is 0.207. The molecule has 2 atom stereocenters. The fourth-order valence-electron chi connectivity index (χ4n) is 1.71. The van der Waals surface area contributed by atoms with Crippen molar-refractivity contribution in [1.82, 2.24) is 16.0 Å². The van der Waals surface area contributed by atoms with Crippen molar-refractivity contribution in [3.8, 4) is 0 Å². The highest BCUT2D eigenvalue weighted by Gasteiger charge is 2.18. The van der Waals surface area contributed by atoms with E-state index < -0.39 is 12.1 Å². The Balaban J connectivity index is 2.35. The molecule has 0 aliphatic carbocycles. The first kappa shape index (κ1) is 17.2. The molecule has 0 aliphatic rings. The molecule has 5 heteroatoms. The van der Waals surface area contributed by atoms with Crippen LogP contribution in [-0.2, 0) is 11.3 Å². The Bertz CT molecular complexity index is 460. The van der Waals surface area contributed by atoms with Crippen LogP contribution in [0.2, 0.25) is 0 Å². The van der Waals surface area contributed by atoms with Gasteiger partial charge >= 0.3 is 6.03 Å². The van der Waals surface area contributed by atoms with Crippen LogP contribution in [0.4, 0.5) is 4.79 Å². The second kappa shape index (κ2) is 8.42. The Morgan fingerprint density at radius 3 is 2.24 bits per heavy atom. The van der Waals surface area contributed by atoms with Gasteiger partial charge < -0.3 is 10.6 Å². The maximum Gasteiger partial charge on any atom is 0.321 e. The minimum Gasteiger partial charge on any atom is -0.334 e. The molecule has 2 unspecified atom stereocenters. The van der Waals surface area contributed by atoms with E-state index in [9.17, 15) is 9.59 Å².